The fourth-order valence-electron chi connectivity index (χ4n) is 3.91. The molecular formula is C19H32Cl2N4O. The molecular weight excluding hydrogens is 371 g/mol. The van der Waals surface area contributed by atoms with Gasteiger partial charge in [0.05, 0.1) is 6.54 Å². The number of hydrogen-bond acceptors (Lipinski definition) is 4. The third-order valence-corrected chi connectivity index (χ3v) is 5.39. The minimum Gasteiger partial charge on any atom is -0.352 e. The zero-order valence-corrected chi connectivity index (χ0v) is 16.9. The number of nitrogens with one attached hydrogen (secondary N) is 1. The molecule has 1 amide bonds. The second-order valence-electron chi connectivity index (χ2n) is 7.14. The van der Waals surface area contributed by atoms with Crippen molar-refractivity contribution in [2.45, 2.75) is 31.8 Å². The van der Waals surface area contributed by atoms with Crippen molar-refractivity contribution in [3.8, 4) is 0 Å². The van der Waals surface area contributed by atoms with Gasteiger partial charge >= 0.3 is 0 Å². The molecule has 7 heteroatoms. The van der Waals surface area contributed by atoms with E-state index in [2.05, 4.69) is 45.4 Å². The molecule has 5 nitrogen and oxygen atoms in total. The number of piperazine rings is 1. The summed E-state index contributed by atoms with van der Waals surface area (Å²) in [7, 11) is 0. The Morgan fingerprint density at radius 3 is 2.35 bits per heavy atom. The van der Waals surface area contributed by atoms with Gasteiger partial charge in [0.1, 0.15) is 0 Å². The van der Waals surface area contributed by atoms with Crippen molar-refractivity contribution in [1.29, 1.82) is 0 Å². The molecule has 2 fully saturated rings. The summed E-state index contributed by atoms with van der Waals surface area (Å²) in [5, 5.41) is 3.20. The molecule has 1 aromatic rings. The van der Waals surface area contributed by atoms with E-state index >= 15 is 0 Å². The fourth-order valence-corrected chi connectivity index (χ4v) is 3.91. The molecule has 1 aromatic carbocycles. The van der Waals surface area contributed by atoms with E-state index < -0.39 is 0 Å². The minimum atomic E-state index is 0. The first-order chi connectivity index (χ1) is 11.7. The van der Waals surface area contributed by atoms with E-state index in [1.54, 1.807) is 0 Å². The van der Waals surface area contributed by atoms with E-state index in [1.807, 2.05) is 0 Å². The molecule has 2 atom stereocenters. The van der Waals surface area contributed by atoms with Crippen molar-refractivity contribution in [1.82, 2.24) is 15.1 Å². The van der Waals surface area contributed by atoms with Crippen LogP contribution in [0.15, 0.2) is 30.3 Å². The van der Waals surface area contributed by atoms with Crippen LogP contribution in [-0.4, -0.2) is 61.0 Å². The van der Waals surface area contributed by atoms with Gasteiger partial charge < -0.3 is 11.1 Å². The summed E-state index contributed by atoms with van der Waals surface area (Å²) in [5.41, 5.74) is 7.15. The van der Waals surface area contributed by atoms with Gasteiger partial charge in [0.2, 0.25) is 5.91 Å². The largest absolute Gasteiger partial charge is 0.352 e. The second kappa shape index (κ2) is 11.8. The Kier molecular flexibility index (Phi) is 10.5. The summed E-state index contributed by atoms with van der Waals surface area (Å²) in [6.07, 6.45) is 3.42. The van der Waals surface area contributed by atoms with Crippen LogP contribution in [0.2, 0.25) is 0 Å². The quantitative estimate of drug-likeness (QED) is 0.762. The fraction of sp³-hybridized carbons (Fsp3) is 0.632. The van der Waals surface area contributed by atoms with Crippen molar-refractivity contribution in [2.75, 3.05) is 39.3 Å². The third kappa shape index (κ3) is 6.71. The molecule has 1 aliphatic heterocycles. The highest BCUT2D eigenvalue weighted by Gasteiger charge is 2.28. The number of rotatable bonds is 6. The molecule has 0 spiro atoms. The van der Waals surface area contributed by atoms with Crippen LogP contribution in [0.25, 0.3) is 0 Å². The van der Waals surface area contributed by atoms with Crippen molar-refractivity contribution >= 4 is 30.7 Å². The SMILES string of the molecule is Cl.Cl.NCC1CCCC1NC(=O)CN1CCN(Cc2ccccc2)CC1. The van der Waals surface area contributed by atoms with Crippen LogP contribution < -0.4 is 11.1 Å². The van der Waals surface area contributed by atoms with Crippen LogP contribution in [0.5, 0.6) is 0 Å². The summed E-state index contributed by atoms with van der Waals surface area (Å²) in [6, 6.07) is 10.9. The monoisotopic (exact) mass is 402 g/mol. The van der Waals surface area contributed by atoms with Gasteiger partial charge in [0.25, 0.3) is 0 Å². The maximum Gasteiger partial charge on any atom is 0.234 e. The van der Waals surface area contributed by atoms with Gasteiger partial charge in [-0.05, 0) is 30.9 Å². The predicted molar refractivity (Wildman–Crippen MR) is 111 cm³/mol. The van der Waals surface area contributed by atoms with Gasteiger partial charge in [-0.2, -0.15) is 0 Å². The van der Waals surface area contributed by atoms with E-state index in [1.165, 1.54) is 12.0 Å². The van der Waals surface area contributed by atoms with E-state index in [0.29, 0.717) is 25.0 Å². The van der Waals surface area contributed by atoms with Crippen molar-refractivity contribution in [2.24, 2.45) is 11.7 Å². The van der Waals surface area contributed by atoms with Crippen LogP contribution in [0.4, 0.5) is 0 Å². The van der Waals surface area contributed by atoms with Crippen LogP contribution >= 0.6 is 24.8 Å². The van der Waals surface area contributed by atoms with Gasteiger partial charge in [-0.25, -0.2) is 0 Å². The topological polar surface area (TPSA) is 61.6 Å². The lowest BCUT2D eigenvalue weighted by atomic mass is 10.0. The Morgan fingerprint density at radius 1 is 1.04 bits per heavy atom. The number of halogens is 2. The molecule has 0 aromatic heterocycles. The molecule has 3 rings (SSSR count). The zero-order chi connectivity index (χ0) is 16.8. The van der Waals surface area contributed by atoms with Gasteiger partial charge in [-0.3, -0.25) is 14.6 Å². The molecule has 148 valence electrons. The normalized spacial score (nSPS) is 23.7. The van der Waals surface area contributed by atoms with Gasteiger partial charge in [0.15, 0.2) is 0 Å². The summed E-state index contributed by atoms with van der Waals surface area (Å²) in [6.45, 7) is 6.18. The minimum absolute atomic E-state index is 0. The molecule has 26 heavy (non-hydrogen) atoms. The number of nitrogens with two attached hydrogens (primary N) is 1. The molecule has 1 aliphatic carbocycles. The Labute approximate surface area is 169 Å². The highest BCUT2D eigenvalue weighted by Crippen LogP contribution is 2.24. The molecule has 2 unspecified atom stereocenters. The average Bonchev–Trinajstić information content (AvgIpc) is 3.04. The molecule has 0 bridgehead atoms. The molecule has 3 N–H and O–H groups in total. The van der Waals surface area contributed by atoms with Crippen LogP contribution in [-0.2, 0) is 11.3 Å². The Hall–Kier alpha value is -0.850. The van der Waals surface area contributed by atoms with Crippen molar-refractivity contribution < 1.29 is 4.79 Å². The smallest absolute Gasteiger partial charge is 0.234 e. The molecule has 2 aliphatic rings. The summed E-state index contributed by atoms with van der Waals surface area (Å²) < 4.78 is 0. The van der Waals surface area contributed by atoms with Crippen LogP contribution in [0, 0.1) is 5.92 Å². The highest BCUT2D eigenvalue weighted by molar-refractivity contribution is 5.85. The lowest BCUT2D eigenvalue weighted by Gasteiger charge is -2.34. The molecule has 1 heterocycles. The number of nitrogens with zero attached hydrogens (tertiary/aromatic N) is 2. The van der Waals surface area contributed by atoms with E-state index in [-0.39, 0.29) is 30.7 Å². The van der Waals surface area contributed by atoms with Crippen LogP contribution in [0.3, 0.4) is 0 Å². The van der Waals surface area contributed by atoms with Gasteiger partial charge in [-0.1, -0.05) is 36.8 Å². The maximum absolute atomic E-state index is 12.3. The van der Waals surface area contributed by atoms with Crippen molar-refractivity contribution in [3.05, 3.63) is 35.9 Å². The molecule has 1 saturated heterocycles. The number of amides is 1. The maximum atomic E-state index is 12.3. The van der Waals surface area contributed by atoms with Gasteiger partial charge in [0, 0.05) is 38.8 Å². The highest BCUT2D eigenvalue weighted by atomic mass is 35.5. The number of carbonyl (C=O) groups is 1. The Morgan fingerprint density at radius 2 is 1.69 bits per heavy atom. The number of carbonyl (C=O) groups excluding carboxylic acids is 1. The standard InChI is InChI=1S/C19H30N4O.2ClH/c20-13-17-7-4-8-18(17)21-19(24)15-23-11-9-22(10-12-23)14-16-5-2-1-3-6-16;;/h1-3,5-6,17-18H,4,7-15,20H2,(H,21,24);2*1H. The van der Waals surface area contributed by atoms with Crippen molar-refractivity contribution in [3.63, 3.8) is 0 Å². The lowest BCUT2D eigenvalue weighted by molar-refractivity contribution is -0.123. The Bertz CT molecular complexity index is 524. The average molecular weight is 403 g/mol. The molecule has 0 radical (unpaired) electrons. The number of benzene rings is 1. The molecule has 1 saturated carbocycles. The zero-order valence-electron chi connectivity index (χ0n) is 15.3. The summed E-state index contributed by atoms with van der Waals surface area (Å²) >= 11 is 0. The van der Waals surface area contributed by atoms with Gasteiger partial charge in [-0.15, -0.1) is 24.8 Å². The van der Waals surface area contributed by atoms with E-state index in [9.17, 15) is 4.79 Å². The lowest BCUT2D eigenvalue weighted by Crippen LogP contribution is -2.50. The predicted octanol–water partition coefficient (Wildman–Crippen LogP) is 1.89. The Balaban J connectivity index is 0.00000169. The second-order valence-corrected chi connectivity index (χ2v) is 7.14. The first kappa shape index (κ1) is 23.2. The van der Waals surface area contributed by atoms with Crippen LogP contribution in [0.1, 0.15) is 24.8 Å². The first-order valence-electron chi connectivity index (χ1n) is 9.22. The first-order valence-corrected chi connectivity index (χ1v) is 9.22. The van der Waals surface area contributed by atoms with E-state index in [4.69, 9.17) is 5.73 Å². The van der Waals surface area contributed by atoms with E-state index in [0.717, 1.165) is 45.6 Å². The summed E-state index contributed by atoms with van der Waals surface area (Å²) in [5.74, 6) is 0.633. The number of hydrogen-bond donors (Lipinski definition) is 2. The summed E-state index contributed by atoms with van der Waals surface area (Å²) in [4.78, 5) is 17.0. The third-order valence-electron chi connectivity index (χ3n) is 5.39.